The Labute approximate surface area is 153 Å². The summed E-state index contributed by atoms with van der Waals surface area (Å²) in [6.07, 6.45) is 3.53. The second kappa shape index (κ2) is 6.72. The summed E-state index contributed by atoms with van der Waals surface area (Å²) in [5.41, 5.74) is 1.72. The van der Waals surface area contributed by atoms with E-state index in [9.17, 15) is 4.79 Å². The Hall–Kier alpha value is -2.61. The molecular formula is C17H17BrN6O. The Morgan fingerprint density at radius 1 is 1.20 bits per heavy atom. The van der Waals surface area contributed by atoms with Crippen LogP contribution in [0.25, 0.3) is 10.9 Å². The summed E-state index contributed by atoms with van der Waals surface area (Å²) in [7, 11) is 0. The highest BCUT2D eigenvalue weighted by molar-refractivity contribution is 9.10. The maximum absolute atomic E-state index is 12.5. The van der Waals surface area contributed by atoms with Crippen molar-refractivity contribution in [3.63, 3.8) is 0 Å². The Morgan fingerprint density at radius 3 is 2.84 bits per heavy atom. The second-order valence-electron chi connectivity index (χ2n) is 5.89. The van der Waals surface area contributed by atoms with Crippen LogP contribution in [0.2, 0.25) is 0 Å². The Bertz CT molecular complexity index is 903. The molecule has 25 heavy (non-hydrogen) atoms. The number of urea groups is 1. The van der Waals surface area contributed by atoms with E-state index in [1.165, 1.54) is 0 Å². The maximum Gasteiger partial charge on any atom is 0.321 e. The highest BCUT2D eigenvalue weighted by Crippen LogP contribution is 2.24. The van der Waals surface area contributed by atoms with Gasteiger partial charge < -0.3 is 15.1 Å². The maximum atomic E-state index is 12.5. The molecule has 1 fully saturated rings. The van der Waals surface area contributed by atoms with Crippen molar-refractivity contribution in [2.45, 2.75) is 0 Å². The van der Waals surface area contributed by atoms with Gasteiger partial charge in [-0.1, -0.05) is 0 Å². The fraction of sp³-hybridized carbons (Fsp3) is 0.235. The molecule has 0 bridgehead atoms. The molecule has 4 rings (SSSR count). The molecule has 128 valence electrons. The van der Waals surface area contributed by atoms with Gasteiger partial charge in [-0.15, -0.1) is 0 Å². The van der Waals surface area contributed by atoms with E-state index in [0.717, 1.165) is 40.0 Å². The normalized spacial score (nSPS) is 14.8. The lowest BCUT2D eigenvalue weighted by atomic mass is 10.2. The molecule has 0 aliphatic carbocycles. The van der Waals surface area contributed by atoms with Crippen molar-refractivity contribution in [3.8, 4) is 0 Å². The third-order valence-electron chi connectivity index (χ3n) is 4.30. The van der Waals surface area contributed by atoms with Gasteiger partial charge in [-0.3, -0.25) is 5.10 Å². The predicted molar refractivity (Wildman–Crippen MR) is 101 cm³/mol. The van der Waals surface area contributed by atoms with E-state index in [4.69, 9.17) is 0 Å². The molecule has 3 aromatic rings. The van der Waals surface area contributed by atoms with Crippen molar-refractivity contribution < 1.29 is 4.79 Å². The number of anilines is 2. The van der Waals surface area contributed by atoms with Crippen LogP contribution >= 0.6 is 15.9 Å². The molecule has 2 aromatic heterocycles. The number of carbonyl (C=O) groups is 1. The smallest absolute Gasteiger partial charge is 0.321 e. The first-order chi connectivity index (χ1) is 12.2. The molecule has 0 unspecified atom stereocenters. The zero-order chi connectivity index (χ0) is 17.2. The number of amides is 2. The molecule has 0 radical (unpaired) electrons. The number of H-pyrrole nitrogens is 1. The van der Waals surface area contributed by atoms with E-state index >= 15 is 0 Å². The Balaban J connectivity index is 1.38. The minimum absolute atomic E-state index is 0.0809. The first kappa shape index (κ1) is 15.9. The number of carbonyl (C=O) groups excluding carboxylic acids is 1. The van der Waals surface area contributed by atoms with E-state index in [1.807, 2.05) is 35.2 Å². The molecule has 3 heterocycles. The van der Waals surface area contributed by atoms with Crippen LogP contribution in [0.3, 0.4) is 0 Å². The van der Waals surface area contributed by atoms with Crippen LogP contribution in [0.15, 0.2) is 47.2 Å². The number of hydrogen-bond acceptors (Lipinski definition) is 4. The lowest BCUT2D eigenvalue weighted by Crippen LogP contribution is -2.50. The highest BCUT2D eigenvalue weighted by Gasteiger charge is 2.23. The van der Waals surface area contributed by atoms with Gasteiger partial charge >= 0.3 is 6.03 Å². The van der Waals surface area contributed by atoms with Crippen LogP contribution in [0.4, 0.5) is 16.3 Å². The summed E-state index contributed by atoms with van der Waals surface area (Å²) in [6.45, 7) is 2.82. The first-order valence-corrected chi connectivity index (χ1v) is 8.84. The number of rotatable bonds is 2. The average Bonchev–Trinajstić information content (AvgIpc) is 3.10. The number of pyridine rings is 1. The average molecular weight is 401 g/mol. The molecule has 1 aliphatic rings. The van der Waals surface area contributed by atoms with Gasteiger partial charge in [-0.25, -0.2) is 9.78 Å². The van der Waals surface area contributed by atoms with Crippen LogP contribution < -0.4 is 10.2 Å². The van der Waals surface area contributed by atoms with E-state index in [1.54, 1.807) is 12.4 Å². The summed E-state index contributed by atoms with van der Waals surface area (Å²) in [6, 6.07) is 9.50. The van der Waals surface area contributed by atoms with Gasteiger partial charge in [0.05, 0.1) is 16.2 Å². The lowest BCUT2D eigenvalue weighted by molar-refractivity contribution is 0.208. The molecule has 7 nitrogen and oxygen atoms in total. The predicted octanol–water partition coefficient (Wildman–Crippen LogP) is 3.07. The van der Waals surface area contributed by atoms with Gasteiger partial charge in [0.15, 0.2) is 0 Å². The summed E-state index contributed by atoms with van der Waals surface area (Å²) < 4.78 is 0.973. The third kappa shape index (κ3) is 3.30. The number of aromatic amines is 1. The quantitative estimate of drug-likeness (QED) is 0.692. The molecule has 2 amide bonds. The Kier molecular flexibility index (Phi) is 4.27. The summed E-state index contributed by atoms with van der Waals surface area (Å²) in [5.74, 6) is 0.924. The monoisotopic (exact) mass is 400 g/mol. The molecular weight excluding hydrogens is 384 g/mol. The van der Waals surface area contributed by atoms with Crippen molar-refractivity contribution >= 4 is 44.4 Å². The van der Waals surface area contributed by atoms with Crippen molar-refractivity contribution in [2.24, 2.45) is 0 Å². The van der Waals surface area contributed by atoms with Gasteiger partial charge in [-0.2, -0.15) is 5.10 Å². The zero-order valence-corrected chi connectivity index (χ0v) is 15.0. The largest absolute Gasteiger partial charge is 0.352 e. The lowest BCUT2D eigenvalue weighted by Gasteiger charge is -2.35. The van der Waals surface area contributed by atoms with Crippen LogP contribution in [-0.4, -0.2) is 52.3 Å². The molecule has 8 heteroatoms. The third-order valence-corrected chi connectivity index (χ3v) is 4.92. The molecule has 1 saturated heterocycles. The summed E-state index contributed by atoms with van der Waals surface area (Å²) in [4.78, 5) is 20.9. The fourth-order valence-corrected chi connectivity index (χ4v) is 3.46. The zero-order valence-electron chi connectivity index (χ0n) is 13.4. The number of piperazine rings is 1. The van der Waals surface area contributed by atoms with E-state index < -0.39 is 0 Å². The standard InChI is InChI=1S/C17H17BrN6O/c18-14-2-1-5-19-16(14)23-6-8-24(9-7-23)17(25)21-13-3-4-15-12(10-13)11-20-22-15/h1-5,10-11H,6-9H2,(H,20,22)(H,21,25). The molecule has 2 N–H and O–H groups in total. The number of hydrogen-bond donors (Lipinski definition) is 2. The van der Waals surface area contributed by atoms with Crippen molar-refractivity contribution in [3.05, 3.63) is 47.2 Å². The molecule has 1 aliphatic heterocycles. The number of benzene rings is 1. The molecule has 0 atom stereocenters. The Morgan fingerprint density at radius 2 is 2.04 bits per heavy atom. The second-order valence-corrected chi connectivity index (χ2v) is 6.74. The fourth-order valence-electron chi connectivity index (χ4n) is 2.95. The summed E-state index contributed by atoms with van der Waals surface area (Å²) >= 11 is 3.53. The minimum Gasteiger partial charge on any atom is -0.352 e. The number of nitrogens with zero attached hydrogens (tertiary/aromatic N) is 4. The molecule has 0 saturated carbocycles. The van der Waals surface area contributed by atoms with Crippen LogP contribution in [-0.2, 0) is 0 Å². The number of aromatic nitrogens is 3. The van der Waals surface area contributed by atoms with Crippen molar-refractivity contribution in [1.82, 2.24) is 20.1 Å². The SMILES string of the molecule is O=C(Nc1ccc2[nH]ncc2c1)N1CCN(c2ncccc2Br)CC1. The van der Waals surface area contributed by atoms with Crippen LogP contribution in [0.5, 0.6) is 0 Å². The van der Waals surface area contributed by atoms with Gasteiger partial charge in [-0.05, 0) is 46.3 Å². The van der Waals surface area contributed by atoms with Gasteiger partial charge in [0.2, 0.25) is 0 Å². The van der Waals surface area contributed by atoms with Crippen molar-refractivity contribution in [1.29, 1.82) is 0 Å². The number of fused-ring (bicyclic) bond motifs is 1. The molecule has 1 aromatic carbocycles. The van der Waals surface area contributed by atoms with Crippen molar-refractivity contribution in [2.75, 3.05) is 36.4 Å². The van der Waals surface area contributed by atoms with E-state index in [-0.39, 0.29) is 6.03 Å². The van der Waals surface area contributed by atoms with Crippen LogP contribution in [0.1, 0.15) is 0 Å². The topological polar surface area (TPSA) is 77.2 Å². The van der Waals surface area contributed by atoms with Gasteiger partial charge in [0.25, 0.3) is 0 Å². The van der Waals surface area contributed by atoms with E-state index in [0.29, 0.717) is 13.1 Å². The first-order valence-electron chi connectivity index (χ1n) is 8.05. The van der Waals surface area contributed by atoms with Gasteiger partial charge in [0, 0.05) is 43.4 Å². The van der Waals surface area contributed by atoms with Gasteiger partial charge in [0.1, 0.15) is 5.82 Å². The number of nitrogens with one attached hydrogen (secondary N) is 2. The number of halogens is 1. The molecule has 0 spiro atoms. The minimum atomic E-state index is -0.0809. The van der Waals surface area contributed by atoms with E-state index in [2.05, 4.69) is 41.3 Å². The highest BCUT2D eigenvalue weighted by atomic mass is 79.9. The van der Waals surface area contributed by atoms with Crippen LogP contribution in [0, 0.1) is 0 Å². The summed E-state index contributed by atoms with van der Waals surface area (Å²) in [5, 5.41) is 10.8.